The maximum Gasteiger partial charge on any atom is -0.0120 e. The Kier molecular flexibility index (Phi) is 6.57. The monoisotopic (exact) mass is 314 g/mol. The minimum atomic E-state index is 1.14. The zero-order valence-electron chi connectivity index (χ0n) is 14.8. The summed E-state index contributed by atoms with van der Waals surface area (Å²) < 4.78 is 0. The van der Waals surface area contributed by atoms with Crippen LogP contribution in [0.3, 0.4) is 0 Å². The Hall–Kier alpha value is -2.60. The van der Waals surface area contributed by atoms with Crippen molar-refractivity contribution in [3.05, 3.63) is 96.1 Å². The van der Waals surface area contributed by atoms with Gasteiger partial charge in [0.2, 0.25) is 0 Å². The maximum absolute atomic E-state index is 3.69. The quantitative estimate of drug-likeness (QED) is 0.480. The van der Waals surface area contributed by atoms with Gasteiger partial charge in [-0.1, -0.05) is 99.8 Å². The molecular formula is C24H26. The molecule has 0 amide bonds. The van der Waals surface area contributed by atoms with Crippen LogP contribution in [0.25, 0.3) is 22.9 Å². The smallest absolute Gasteiger partial charge is 0.0120 e. The highest BCUT2D eigenvalue weighted by Crippen LogP contribution is 2.29. The van der Waals surface area contributed by atoms with Crippen molar-refractivity contribution in [3.63, 3.8) is 0 Å². The predicted molar refractivity (Wildman–Crippen MR) is 109 cm³/mol. The van der Waals surface area contributed by atoms with Gasteiger partial charge in [0.1, 0.15) is 0 Å². The molecule has 1 aliphatic carbocycles. The molecule has 0 saturated heterocycles. The topological polar surface area (TPSA) is 0 Å². The summed E-state index contributed by atoms with van der Waals surface area (Å²) in [4.78, 5) is 0. The van der Waals surface area contributed by atoms with Crippen LogP contribution >= 0.6 is 0 Å². The molecule has 0 aliphatic heterocycles. The van der Waals surface area contributed by atoms with Crippen molar-refractivity contribution in [2.24, 2.45) is 0 Å². The lowest BCUT2D eigenvalue weighted by atomic mass is 10.1. The molecule has 0 atom stereocenters. The molecule has 3 aromatic carbocycles. The minimum Gasteiger partial charge on any atom is -0.0984 e. The van der Waals surface area contributed by atoms with E-state index in [1.165, 1.54) is 34.7 Å². The molecular weight excluding hydrogens is 288 g/mol. The van der Waals surface area contributed by atoms with E-state index in [1.54, 1.807) is 0 Å². The van der Waals surface area contributed by atoms with Crippen LogP contribution in [0.15, 0.2) is 73.8 Å². The highest BCUT2D eigenvalue weighted by atomic mass is 14.2. The average Bonchev–Trinajstić information content (AvgIpc) is 3.09. The Morgan fingerprint density at radius 1 is 0.667 bits per heavy atom. The first-order valence-corrected chi connectivity index (χ1v) is 8.67. The molecule has 3 aromatic rings. The summed E-state index contributed by atoms with van der Waals surface area (Å²) >= 11 is 0. The van der Waals surface area contributed by atoms with Crippen molar-refractivity contribution >= 4 is 22.9 Å². The number of hydrogen-bond donors (Lipinski definition) is 0. The first kappa shape index (κ1) is 17.7. The molecule has 4 rings (SSSR count). The van der Waals surface area contributed by atoms with Crippen LogP contribution in [0.4, 0.5) is 0 Å². The van der Waals surface area contributed by atoms with Crippen molar-refractivity contribution in [2.75, 3.05) is 0 Å². The molecule has 0 N–H and O–H groups in total. The van der Waals surface area contributed by atoms with E-state index in [0.29, 0.717) is 0 Å². The van der Waals surface area contributed by atoms with Crippen molar-refractivity contribution in [2.45, 2.75) is 26.7 Å². The van der Waals surface area contributed by atoms with Gasteiger partial charge >= 0.3 is 0 Å². The van der Waals surface area contributed by atoms with Gasteiger partial charge in [0, 0.05) is 0 Å². The molecule has 0 bridgehead atoms. The fraction of sp³-hybridized carbons (Fsp3) is 0.167. The van der Waals surface area contributed by atoms with E-state index in [2.05, 4.69) is 49.6 Å². The molecule has 0 saturated carbocycles. The van der Waals surface area contributed by atoms with E-state index in [0.717, 1.165) is 11.1 Å². The van der Waals surface area contributed by atoms with Crippen LogP contribution in [-0.2, 0) is 12.8 Å². The largest absolute Gasteiger partial charge is 0.0984 e. The molecule has 0 spiro atoms. The summed E-state index contributed by atoms with van der Waals surface area (Å²) in [6.45, 7) is 11.4. The Balaban J connectivity index is 0.000000161. The highest BCUT2D eigenvalue weighted by Gasteiger charge is 2.11. The maximum atomic E-state index is 3.69. The number of aryl methyl sites for hydroxylation is 2. The highest BCUT2D eigenvalue weighted by molar-refractivity contribution is 5.90. The van der Waals surface area contributed by atoms with Crippen LogP contribution in [0.2, 0.25) is 0 Å². The second-order valence-electron chi connectivity index (χ2n) is 5.47. The van der Waals surface area contributed by atoms with Crippen molar-refractivity contribution < 1.29 is 0 Å². The summed E-state index contributed by atoms with van der Waals surface area (Å²) in [5, 5.41) is 2.92. The lowest BCUT2D eigenvalue weighted by Crippen LogP contribution is -1.76. The molecule has 0 heterocycles. The van der Waals surface area contributed by atoms with Crippen LogP contribution in [-0.4, -0.2) is 0 Å². The molecule has 0 radical (unpaired) electrons. The van der Waals surface area contributed by atoms with Crippen LogP contribution in [0.5, 0.6) is 0 Å². The molecule has 1 aliphatic rings. The molecule has 0 aromatic heterocycles. The standard InChI is InChI=1S/C12H10.C10H10.C2H6/c1-3-9-4-2-6-11-8-7-10(5-1)12(9)11;1-3-9-7-5-6-8-10(9)4-2;1-2/h1-6H,7-8H2;3-8H,1-2H2;1-2H3. The Bertz CT molecular complexity index is 759. The third-order valence-electron chi connectivity index (χ3n) is 4.18. The average molecular weight is 314 g/mol. The summed E-state index contributed by atoms with van der Waals surface area (Å²) in [5.41, 5.74) is 5.33. The lowest BCUT2D eigenvalue weighted by molar-refractivity contribution is 1.02. The molecule has 0 nitrogen and oxygen atoms in total. The first-order chi connectivity index (χ1) is 11.8. The van der Waals surface area contributed by atoms with Gasteiger partial charge in [0.25, 0.3) is 0 Å². The van der Waals surface area contributed by atoms with Gasteiger partial charge in [-0.2, -0.15) is 0 Å². The molecule has 0 unspecified atom stereocenters. The minimum absolute atomic E-state index is 1.14. The van der Waals surface area contributed by atoms with Gasteiger partial charge in [-0.25, -0.2) is 0 Å². The Labute approximate surface area is 146 Å². The van der Waals surface area contributed by atoms with E-state index in [9.17, 15) is 0 Å². The van der Waals surface area contributed by atoms with Gasteiger partial charge in [-0.15, -0.1) is 0 Å². The van der Waals surface area contributed by atoms with E-state index < -0.39 is 0 Å². The molecule has 24 heavy (non-hydrogen) atoms. The van der Waals surface area contributed by atoms with E-state index in [-0.39, 0.29) is 0 Å². The SMILES string of the molecule is C=Cc1ccccc1C=C.CC.c1cc2c3c(cccc3c1)CC2. The predicted octanol–water partition coefficient (Wildman–Crippen LogP) is 6.94. The summed E-state index contributed by atoms with van der Waals surface area (Å²) in [7, 11) is 0. The zero-order valence-corrected chi connectivity index (χ0v) is 14.8. The summed E-state index contributed by atoms with van der Waals surface area (Å²) in [6, 6.07) is 21.2. The van der Waals surface area contributed by atoms with E-state index in [4.69, 9.17) is 0 Å². The second kappa shape index (κ2) is 8.88. The zero-order chi connectivity index (χ0) is 17.4. The van der Waals surface area contributed by atoms with Crippen molar-refractivity contribution in [1.29, 1.82) is 0 Å². The second-order valence-corrected chi connectivity index (χ2v) is 5.47. The van der Waals surface area contributed by atoms with Crippen LogP contribution < -0.4 is 0 Å². The normalized spacial score (nSPS) is 10.9. The Morgan fingerprint density at radius 3 is 1.54 bits per heavy atom. The van der Waals surface area contributed by atoms with Crippen LogP contribution in [0.1, 0.15) is 36.1 Å². The molecule has 122 valence electrons. The van der Waals surface area contributed by atoms with Crippen molar-refractivity contribution in [1.82, 2.24) is 0 Å². The Morgan fingerprint density at radius 2 is 1.12 bits per heavy atom. The lowest BCUT2D eigenvalue weighted by Gasteiger charge is -1.99. The fourth-order valence-corrected chi connectivity index (χ4v) is 3.07. The first-order valence-electron chi connectivity index (χ1n) is 8.67. The molecule has 0 heteroatoms. The van der Waals surface area contributed by atoms with Gasteiger partial charge < -0.3 is 0 Å². The molecule has 0 fully saturated rings. The van der Waals surface area contributed by atoms with Gasteiger partial charge in [0.15, 0.2) is 0 Å². The van der Waals surface area contributed by atoms with E-state index >= 15 is 0 Å². The van der Waals surface area contributed by atoms with Gasteiger partial charge in [0.05, 0.1) is 0 Å². The van der Waals surface area contributed by atoms with Crippen LogP contribution in [0, 0.1) is 0 Å². The third-order valence-corrected chi connectivity index (χ3v) is 4.18. The summed E-state index contributed by atoms with van der Waals surface area (Å²) in [6.07, 6.45) is 6.13. The van der Waals surface area contributed by atoms with Gasteiger partial charge in [-0.3, -0.25) is 0 Å². The van der Waals surface area contributed by atoms with E-state index in [1.807, 2.05) is 50.3 Å². The van der Waals surface area contributed by atoms with Crippen molar-refractivity contribution in [3.8, 4) is 0 Å². The number of rotatable bonds is 2. The number of hydrogen-bond acceptors (Lipinski definition) is 0. The number of benzene rings is 3. The third kappa shape index (κ3) is 3.83. The fourth-order valence-electron chi connectivity index (χ4n) is 3.07. The van der Waals surface area contributed by atoms with Gasteiger partial charge in [-0.05, 0) is 45.9 Å². The summed E-state index contributed by atoms with van der Waals surface area (Å²) in [5.74, 6) is 0.